The lowest BCUT2D eigenvalue weighted by Gasteiger charge is -2.33. The number of ether oxygens (including phenoxy) is 1. The molecule has 0 spiro atoms. The summed E-state index contributed by atoms with van der Waals surface area (Å²) in [6.45, 7) is 1.56. The highest BCUT2D eigenvalue weighted by atomic mass is 35.5. The van der Waals surface area contributed by atoms with Crippen LogP contribution in [0.3, 0.4) is 0 Å². The predicted molar refractivity (Wildman–Crippen MR) is 92.7 cm³/mol. The lowest BCUT2D eigenvalue weighted by atomic mass is 10.0. The van der Waals surface area contributed by atoms with Crippen molar-refractivity contribution in [1.29, 1.82) is 0 Å². The maximum absolute atomic E-state index is 12.5. The van der Waals surface area contributed by atoms with Gasteiger partial charge in [-0.25, -0.2) is 0 Å². The van der Waals surface area contributed by atoms with Gasteiger partial charge in [-0.15, -0.1) is 0 Å². The van der Waals surface area contributed by atoms with Crippen LogP contribution in [0.2, 0.25) is 5.02 Å². The van der Waals surface area contributed by atoms with Crippen molar-refractivity contribution < 1.29 is 14.6 Å². The maximum Gasteiger partial charge on any atom is 0.225 e. The van der Waals surface area contributed by atoms with Gasteiger partial charge in [0.15, 0.2) is 0 Å². The number of aliphatic hydroxyl groups excluding tert-OH is 1. The van der Waals surface area contributed by atoms with Crippen LogP contribution in [0.4, 0.5) is 0 Å². The van der Waals surface area contributed by atoms with Crippen LogP contribution in [-0.2, 0) is 9.53 Å². The van der Waals surface area contributed by atoms with Gasteiger partial charge in [-0.1, -0.05) is 54.1 Å². The highest BCUT2D eigenvalue weighted by Crippen LogP contribution is 2.24. The van der Waals surface area contributed by atoms with Crippen LogP contribution in [0, 0.1) is 0 Å². The quantitative estimate of drug-likeness (QED) is 0.924. The van der Waals surface area contributed by atoms with Gasteiger partial charge in [0.05, 0.1) is 25.7 Å². The monoisotopic (exact) mass is 345 g/mol. The van der Waals surface area contributed by atoms with Gasteiger partial charge in [-0.3, -0.25) is 4.79 Å². The molecule has 5 heteroatoms. The van der Waals surface area contributed by atoms with Gasteiger partial charge < -0.3 is 14.7 Å². The van der Waals surface area contributed by atoms with Gasteiger partial charge in [0.1, 0.15) is 6.10 Å². The molecule has 0 radical (unpaired) electrons. The molecule has 126 valence electrons. The van der Waals surface area contributed by atoms with Crippen LogP contribution in [0.5, 0.6) is 0 Å². The molecule has 3 rings (SSSR count). The van der Waals surface area contributed by atoms with E-state index in [4.69, 9.17) is 16.3 Å². The van der Waals surface area contributed by atoms with Gasteiger partial charge >= 0.3 is 0 Å². The normalized spacial score (nSPS) is 19.1. The van der Waals surface area contributed by atoms with E-state index in [1.807, 2.05) is 30.3 Å². The molecule has 1 aliphatic rings. The number of nitrogens with zero attached hydrogens (tertiary/aromatic N) is 1. The third-order valence-corrected chi connectivity index (χ3v) is 4.47. The lowest BCUT2D eigenvalue weighted by Crippen LogP contribution is -2.42. The van der Waals surface area contributed by atoms with Gasteiger partial charge in [0, 0.05) is 11.6 Å². The Balaban J connectivity index is 1.61. The van der Waals surface area contributed by atoms with E-state index in [0.29, 0.717) is 30.3 Å². The van der Waals surface area contributed by atoms with Crippen molar-refractivity contribution in [2.45, 2.75) is 18.6 Å². The molecular weight excluding hydrogens is 326 g/mol. The zero-order valence-corrected chi connectivity index (χ0v) is 14.0. The van der Waals surface area contributed by atoms with Crippen molar-refractivity contribution in [2.24, 2.45) is 0 Å². The fraction of sp³-hybridized carbons (Fsp3) is 0.316. The summed E-state index contributed by atoms with van der Waals surface area (Å²) in [5.41, 5.74) is 1.76. The first-order valence-corrected chi connectivity index (χ1v) is 8.39. The first-order chi connectivity index (χ1) is 11.6. The fourth-order valence-corrected chi connectivity index (χ4v) is 2.97. The molecule has 1 amide bonds. The molecule has 4 nitrogen and oxygen atoms in total. The zero-order valence-electron chi connectivity index (χ0n) is 13.3. The molecule has 2 unspecified atom stereocenters. The van der Waals surface area contributed by atoms with E-state index in [0.717, 1.165) is 5.56 Å². The Morgan fingerprint density at radius 1 is 1.21 bits per heavy atom. The van der Waals surface area contributed by atoms with Gasteiger partial charge in [-0.05, 0) is 23.3 Å². The number of morpholine rings is 1. The van der Waals surface area contributed by atoms with Crippen molar-refractivity contribution in [3.63, 3.8) is 0 Å². The third-order valence-electron chi connectivity index (χ3n) is 4.21. The summed E-state index contributed by atoms with van der Waals surface area (Å²) in [5, 5.41) is 10.9. The molecule has 2 atom stereocenters. The van der Waals surface area contributed by atoms with E-state index < -0.39 is 6.10 Å². The second-order valence-corrected chi connectivity index (χ2v) is 6.32. The first-order valence-electron chi connectivity index (χ1n) is 8.01. The van der Waals surface area contributed by atoms with Crippen LogP contribution >= 0.6 is 11.6 Å². The van der Waals surface area contributed by atoms with E-state index in [9.17, 15) is 9.90 Å². The minimum atomic E-state index is -0.826. The van der Waals surface area contributed by atoms with Crippen molar-refractivity contribution in [3.05, 3.63) is 70.7 Å². The second-order valence-electron chi connectivity index (χ2n) is 5.88. The molecule has 0 aliphatic carbocycles. The average molecular weight is 346 g/mol. The Labute approximate surface area is 146 Å². The molecule has 0 bridgehead atoms. The molecule has 24 heavy (non-hydrogen) atoms. The van der Waals surface area contributed by atoms with E-state index in [2.05, 4.69) is 0 Å². The van der Waals surface area contributed by atoms with Crippen LogP contribution in [0.25, 0.3) is 0 Å². The zero-order chi connectivity index (χ0) is 16.9. The fourth-order valence-electron chi connectivity index (χ4n) is 2.84. The standard InChI is InChI=1S/C19H20ClNO3/c20-16-8-6-14(7-9-16)17(22)12-19(23)21-10-11-24-18(13-21)15-4-2-1-3-5-15/h1-9,17-18,22H,10-13H2. The Hall–Kier alpha value is -1.88. The highest BCUT2D eigenvalue weighted by Gasteiger charge is 2.26. The summed E-state index contributed by atoms with van der Waals surface area (Å²) in [6.07, 6.45) is -0.882. The number of hydrogen-bond donors (Lipinski definition) is 1. The molecule has 1 heterocycles. The number of amides is 1. The molecule has 1 aliphatic heterocycles. The summed E-state index contributed by atoms with van der Waals surface area (Å²) in [4.78, 5) is 14.3. The van der Waals surface area contributed by atoms with Crippen molar-refractivity contribution >= 4 is 17.5 Å². The van der Waals surface area contributed by atoms with E-state index >= 15 is 0 Å². The molecule has 2 aromatic rings. The number of rotatable bonds is 4. The summed E-state index contributed by atoms with van der Waals surface area (Å²) in [7, 11) is 0. The van der Waals surface area contributed by atoms with E-state index in [1.54, 1.807) is 29.2 Å². The lowest BCUT2D eigenvalue weighted by molar-refractivity contribution is -0.141. The Bertz CT molecular complexity index is 675. The molecule has 1 N–H and O–H groups in total. The van der Waals surface area contributed by atoms with Crippen LogP contribution < -0.4 is 0 Å². The summed E-state index contributed by atoms with van der Waals surface area (Å²) < 4.78 is 5.78. The molecule has 1 fully saturated rings. The smallest absolute Gasteiger partial charge is 0.225 e. The van der Waals surface area contributed by atoms with Crippen LogP contribution in [0.1, 0.15) is 29.8 Å². The summed E-state index contributed by atoms with van der Waals surface area (Å²) >= 11 is 5.85. The Morgan fingerprint density at radius 2 is 1.92 bits per heavy atom. The number of hydrogen-bond acceptors (Lipinski definition) is 3. The van der Waals surface area contributed by atoms with Crippen LogP contribution in [-0.4, -0.2) is 35.6 Å². The Kier molecular flexibility index (Phi) is 5.51. The molecule has 0 saturated carbocycles. The number of halogens is 1. The van der Waals surface area contributed by atoms with Gasteiger partial charge in [-0.2, -0.15) is 0 Å². The van der Waals surface area contributed by atoms with Crippen LogP contribution in [0.15, 0.2) is 54.6 Å². The predicted octanol–water partition coefficient (Wildman–Crippen LogP) is 3.36. The molecular formula is C19H20ClNO3. The first kappa shape index (κ1) is 17.0. The topological polar surface area (TPSA) is 49.8 Å². The van der Waals surface area contributed by atoms with E-state index in [1.165, 1.54) is 0 Å². The van der Waals surface area contributed by atoms with Gasteiger partial charge in [0.25, 0.3) is 0 Å². The minimum absolute atomic E-state index is 0.0587. The maximum atomic E-state index is 12.5. The SMILES string of the molecule is O=C(CC(O)c1ccc(Cl)cc1)N1CCOC(c2ccccc2)C1. The van der Waals surface area contributed by atoms with E-state index in [-0.39, 0.29) is 18.4 Å². The largest absolute Gasteiger partial charge is 0.388 e. The molecule has 1 saturated heterocycles. The summed E-state index contributed by atoms with van der Waals surface area (Å²) in [6, 6.07) is 16.8. The van der Waals surface area contributed by atoms with Crippen molar-refractivity contribution in [2.75, 3.05) is 19.7 Å². The average Bonchev–Trinajstić information content (AvgIpc) is 2.63. The summed E-state index contributed by atoms with van der Waals surface area (Å²) in [5.74, 6) is -0.0679. The van der Waals surface area contributed by atoms with Crippen molar-refractivity contribution in [3.8, 4) is 0 Å². The number of benzene rings is 2. The van der Waals surface area contributed by atoms with Crippen molar-refractivity contribution in [1.82, 2.24) is 4.90 Å². The number of carbonyl (C=O) groups excluding carboxylic acids is 1. The highest BCUT2D eigenvalue weighted by molar-refractivity contribution is 6.30. The number of carbonyl (C=O) groups is 1. The molecule has 2 aromatic carbocycles. The second kappa shape index (κ2) is 7.79. The minimum Gasteiger partial charge on any atom is -0.388 e. The van der Waals surface area contributed by atoms with Gasteiger partial charge in [0.2, 0.25) is 5.91 Å². The number of aliphatic hydroxyl groups is 1. The Morgan fingerprint density at radius 3 is 2.62 bits per heavy atom. The molecule has 0 aromatic heterocycles. The third kappa shape index (κ3) is 4.15.